The van der Waals surface area contributed by atoms with E-state index in [0.29, 0.717) is 40.6 Å². The predicted molar refractivity (Wildman–Crippen MR) is 135 cm³/mol. The molecule has 4 rings (SSSR count). The topological polar surface area (TPSA) is 105 Å². The molecule has 7 nitrogen and oxygen atoms in total. The fourth-order valence-electron chi connectivity index (χ4n) is 3.85. The minimum Gasteiger partial charge on any atom is -0.444 e. The lowest BCUT2D eigenvalue weighted by Gasteiger charge is -2.10. The summed E-state index contributed by atoms with van der Waals surface area (Å²) in [4.78, 5) is 24.6. The second-order valence-corrected chi connectivity index (χ2v) is 8.83. The number of anilines is 3. The van der Waals surface area contributed by atoms with Gasteiger partial charge < -0.3 is 21.1 Å². The Balaban J connectivity index is 1.23. The van der Waals surface area contributed by atoms with Crippen LogP contribution in [0.15, 0.2) is 72.8 Å². The van der Waals surface area contributed by atoms with E-state index in [0.717, 1.165) is 12.0 Å². The van der Waals surface area contributed by atoms with Gasteiger partial charge in [-0.05, 0) is 53.9 Å². The molecule has 0 spiro atoms. The van der Waals surface area contributed by atoms with Crippen LogP contribution in [0.3, 0.4) is 0 Å². The molecule has 1 fully saturated rings. The summed E-state index contributed by atoms with van der Waals surface area (Å²) in [7, 11) is 0. The molecule has 1 saturated carbocycles. The minimum atomic E-state index is -0.554. The van der Waals surface area contributed by atoms with Crippen LogP contribution in [-0.4, -0.2) is 24.1 Å². The first-order valence-corrected chi connectivity index (χ1v) is 11.4. The van der Waals surface area contributed by atoms with Gasteiger partial charge in [-0.2, -0.15) is 0 Å². The highest BCUT2D eigenvalue weighted by molar-refractivity contribution is 6.06. The Bertz CT molecular complexity index is 1140. The monoisotopic (exact) mass is 458 g/mol. The maximum absolute atomic E-state index is 12.4. The Labute approximate surface area is 199 Å². The smallest absolute Gasteiger partial charge is 0.411 e. The molecule has 0 aromatic heterocycles. The van der Waals surface area contributed by atoms with Gasteiger partial charge in [-0.25, -0.2) is 4.79 Å². The number of hydrogen-bond acceptors (Lipinski definition) is 5. The fourth-order valence-corrected chi connectivity index (χ4v) is 3.85. The van der Waals surface area contributed by atoms with Crippen LogP contribution in [0.25, 0.3) is 0 Å². The van der Waals surface area contributed by atoms with Gasteiger partial charge in [-0.15, -0.1) is 0 Å². The lowest BCUT2D eigenvalue weighted by atomic mass is 10.1. The van der Waals surface area contributed by atoms with Gasteiger partial charge in [-0.1, -0.05) is 50.2 Å². The first-order valence-electron chi connectivity index (χ1n) is 11.4. The Hall–Kier alpha value is -3.84. The number of benzene rings is 3. The summed E-state index contributed by atoms with van der Waals surface area (Å²) in [5.74, 6) is 0.281. The molecule has 0 unspecified atom stereocenters. The van der Waals surface area contributed by atoms with E-state index < -0.39 is 6.09 Å². The lowest BCUT2D eigenvalue weighted by Crippen LogP contribution is -2.25. The molecule has 5 N–H and O–H groups in total. The second kappa shape index (κ2) is 10.4. The van der Waals surface area contributed by atoms with E-state index in [9.17, 15) is 9.59 Å². The van der Waals surface area contributed by atoms with E-state index in [1.807, 2.05) is 12.1 Å². The van der Waals surface area contributed by atoms with Crippen molar-refractivity contribution in [3.8, 4) is 0 Å². The third kappa shape index (κ3) is 6.14. The van der Waals surface area contributed by atoms with E-state index in [1.165, 1.54) is 5.56 Å². The molecule has 1 aliphatic carbocycles. The molecular weight excluding hydrogens is 428 g/mol. The van der Waals surface area contributed by atoms with Crippen LogP contribution in [-0.2, 0) is 11.3 Å². The van der Waals surface area contributed by atoms with Crippen LogP contribution in [0, 0.1) is 0 Å². The van der Waals surface area contributed by atoms with E-state index >= 15 is 0 Å². The number of para-hydroxylation sites is 2. The molecule has 0 heterocycles. The third-order valence-electron chi connectivity index (χ3n) is 5.72. The molecule has 34 heavy (non-hydrogen) atoms. The largest absolute Gasteiger partial charge is 0.444 e. The molecule has 0 aliphatic heterocycles. The van der Waals surface area contributed by atoms with Crippen molar-refractivity contribution >= 4 is 29.1 Å². The summed E-state index contributed by atoms with van der Waals surface area (Å²) in [6.07, 6.45) is 0.610. The van der Waals surface area contributed by atoms with Crippen molar-refractivity contribution in [1.82, 2.24) is 5.32 Å². The van der Waals surface area contributed by atoms with Gasteiger partial charge >= 0.3 is 6.09 Å². The molecule has 3 aromatic carbocycles. The highest BCUT2D eigenvalue weighted by atomic mass is 16.5. The van der Waals surface area contributed by atoms with Gasteiger partial charge in [0.1, 0.15) is 6.61 Å². The number of carbonyl (C=O) groups excluding carboxylic acids is 2. The van der Waals surface area contributed by atoms with Crippen molar-refractivity contribution in [2.24, 2.45) is 0 Å². The maximum Gasteiger partial charge on any atom is 0.411 e. The van der Waals surface area contributed by atoms with Crippen LogP contribution in [0.4, 0.5) is 21.9 Å². The third-order valence-corrected chi connectivity index (χ3v) is 5.72. The van der Waals surface area contributed by atoms with Crippen LogP contribution in [0.2, 0.25) is 0 Å². The van der Waals surface area contributed by atoms with Gasteiger partial charge in [-0.3, -0.25) is 10.1 Å². The summed E-state index contributed by atoms with van der Waals surface area (Å²) in [6.45, 7) is 4.51. The first kappa shape index (κ1) is 23.3. The summed E-state index contributed by atoms with van der Waals surface area (Å²) >= 11 is 0. The van der Waals surface area contributed by atoms with Gasteiger partial charge in [0.25, 0.3) is 5.91 Å². The molecule has 7 heteroatoms. The molecule has 0 saturated heterocycles. The van der Waals surface area contributed by atoms with Crippen molar-refractivity contribution in [3.63, 3.8) is 0 Å². The zero-order valence-electron chi connectivity index (χ0n) is 19.4. The summed E-state index contributed by atoms with van der Waals surface area (Å²) in [6, 6.07) is 22.9. The van der Waals surface area contributed by atoms with Crippen molar-refractivity contribution < 1.29 is 14.3 Å². The molecule has 2 atom stereocenters. The predicted octanol–water partition coefficient (Wildman–Crippen LogP) is 5.12. The van der Waals surface area contributed by atoms with Crippen molar-refractivity contribution in [2.45, 2.75) is 44.9 Å². The average molecular weight is 459 g/mol. The van der Waals surface area contributed by atoms with Gasteiger partial charge in [0, 0.05) is 29.3 Å². The SMILES string of the molecule is CC(C)N[C@H]1C[C@@H]1c1ccc(COC(=O)Nc2ccc(C(=O)Nc3ccccc3N)cc2)cc1. The van der Waals surface area contributed by atoms with Crippen LogP contribution < -0.4 is 21.7 Å². The van der Waals surface area contributed by atoms with Crippen molar-refractivity contribution in [1.29, 1.82) is 0 Å². The molecular formula is C27H30N4O3. The average Bonchev–Trinajstić information content (AvgIpc) is 3.58. The lowest BCUT2D eigenvalue weighted by molar-refractivity contribution is 0.102. The van der Waals surface area contributed by atoms with Gasteiger partial charge in [0.05, 0.1) is 11.4 Å². The van der Waals surface area contributed by atoms with Gasteiger partial charge in [0.15, 0.2) is 0 Å². The number of nitrogens with one attached hydrogen (secondary N) is 3. The quantitative estimate of drug-likeness (QED) is 0.351. The molecule has 1 aliphatic rings. The molecule has 3 aromatic rings. The van der Waals surface area contributed by atoms with Gasteiger partial charge in [0.2, 0.25) is 0 Å². The number of ether oxygens (including phenoxy) is 1. The zero-order valence-corrected chi connectivity index (χ0v) is 19.4. The van der Waals surface area contributed by atoms with E-state index in [1.54, 1.807) is 48.5 Å². The van der Waals surface area contributed by atoms with E-state index in [4.69, 9.17) is 10.5 Å². The maximum atomic E-state index is 12.4. The van der Waals surface area contributed by atoms with Crippen molar-refractivity contribution in [2.75, 3.05) is 16.4 Å². The first-order chi connectivity index (χ1) is 16.4. The minimum absolute atomic E-state index is 0.184. The van der Waals surface area contributed by atoms with Crippen LogP contribution in [0.5, 0.6) is 0 Å². The van der Waals surface area contributed by atoms with Crippen LogP contribution in [0.1, 0.15) is 47.7 Å². The Morgan fingerprint density at radius 2 is 1.68 bits per heavy atom. The van der Waals surface area contributed by atoms with E-state index in [2.05, 4.69) is 41.9 Å². The number of amides is 2. The number of carbonyl (C=O) groups is 2. The zero-order chi connectivity index (χ0) is 24.1. The number of hydrogen-bond donors (Lipinski definition) is 4. The van der Waals surface area contributed by atoms with Crippen LogP contribution >= 0.6 is 0 Å². The number of nitrogen functional groups attached to an aromatic ring is 1. The normalized spacial score (nSPS) is 16.7. The number of rotatable bonds is 8. The fraction of sp³-hybridized carbons (Fsp3) is 0.259. The second-order valence-electron chi connectivity index (χ2n) is 8.83. The summed E-state index contributed by atoms with van der Waals surface area (Å²) < 4.78 is 5.34. The Morgan fingerprint density at radius 1 is 0.971 bits per heavy atom. The van der Waals surface area contributed by atoms with Crippen molar-refractivity contribution in [3.05, 3.63) is 89.5 Å². The highest BCUT2D eigenvalue weighted by Crippen LogP contribution is 2.41. The highest BCUT2D eigenvalue weighted by Gasteiger charge is 2.38. The van der Waals surface area contributed by atoms with E-state index in [-0.39, 0.29) is 12.5 Å². The standard InChI is InChI=1S/C27H30N4O3/c1-17(2)29-25-15-22(25)19-9-7-18(8-10-19)16-34-27(33)30-21-13-11-20(12-14-21)26(32)31-24-6-4-3-5-23(24)28/h3-14,17,22,25,29H,15-16,28H2,1-2H3,(H,30,33)(H,31,32)/t22-,25+/m1/s1. The Morgan fingerprint density at radius 3 is 2.35 bits per heavy atom. The molecule has 0 bridgehead atoms. The number of nitrogens with two attached hydrogens (primary N) is 1. The molecule has 176 valence electrons. The Kier molecular flexibility index (Phi) is 7.13. The molecule has 2 amide bonds. The summed E-state index contributed by atoms with van der Waals surface area (Å²) in [5.41, 5.74) is 10.1. The summed E-state index contributed by atoms with van der Waals surface area (Å²) in [5, 5.41) is 9.01. The molecule has 0 radical (unpaired) electrons.